The third-order valence-corrected chi connectivity index (χ3v) is 4.07. The van der Waals surface area contributed by atoms with E-state index in [9.17, 15) is 4.79 Å². The fraction of sp³-hybridized carbons (Fsp3) is 0.533. The Labute approximate surface area is 140 Å². The first kappa shape index (κ1) is 18.3. The molecule has 0 unspecified atom stereocenters. The molecule has 118 valence electrons. The van der Waals surface area contributed by atoms with Crippen LogP contribution in [0.5, 0.6) is 5.75 Å². The Morgan fingerprint density at radius 1 is 1.33 bits per heavy atom. The summed E-state index contributed by atoms with van der Waals surface area (Å²) in [6, 6.07) is 6.38. The van der Waals surface area contributed by atoms with E-state index in [4.69, 9.17) is 10.5 Å². The molecule has 0 saturated heterocycles. The van der Waals surface area contributed by atoms with E-state index >= 15 is 0 Å². The van der Waals surface area contributed by atoms with Gasteiger partial charge in [-0.05, 0) is 31.0 Å². The van der Waals surface area contributed by atoms with Gasteiger partial charge in [0.05, 0.1) is 0 Å². The van der Waals surface area contributed by atoms with Crippen LogP contribution in [0.1, 0.15) is 37.7 Å². The predicted octanol–water partition coefficient (Wildman–Crippen LogP) is -0.260. The van der Waals surface area contributed by atoms with Crippen LogP contribution in [0.3, 0.4) is 0 Å². The number of carbonyl (C=O) groups excluding carboxylic acids is 1. The van der Waals surface area contributed by atoms with Crippen molar-refractivity contribution in [2.24, 2.45) is 5.73 Å². The van der Waals surface area contributed by atoms with Crippen molar-refractivity contribution in [1.82, 2.24) is 5.32 Å². The Kier molecular flexibility index (Phi) is 8.07. The van der Waals surface area contributed by atoms with E-state index < -0.39 is 5.91 Å². The van der Waals surface area contributed by atoms with Crippen LogP contribution >= 0.6 is 15.9 Å². The van der Waals surface area contributed by atoms with Gasteiger partial charge in [0.15, 0.2) is 6.61 Å². The lowest BCUT2D eigenvalue weighted by atomic mass is 9.95. The third kappa shape index (κ3) is 6.24. The summed E-state index contributed by atoms with van der Waals surface area (Å²) in [5, 5.41) is 3.58. The third-order valence-electron chi connectivity index (χ3n) is 3.58. The number of ether oxygens (including phenoxy) is 1. The highest BCUT2D eigenvalue weighted by atomic mass is 79.9. The second-order valence-corrected chi connectivity index (χ2v) is 6.14. The molecule has 1 aliphatic rings. The molecule has 1 saturated carbocycles. The van der Waals surface area contributed by atoms with E-state index in [-0.39, 0.29) is 19.0 Å². The summed E-state index contributed by atoms with van der Waals surface area (Å²) in [5.74, 6) is 0.259. The normalized spacial score (nSPS) is 15.3. The molecule has 6 heteroatoms. The van der Waals surface area contributed by atoms with Crippen LogP contribution in [0, 0.1) is 0 Å². The summed E-state index contributed by atoms with van der Waals surface area (Å²) in [5.41, 5.74) is 6.17. The minimum Gasteiger partial charge on any atom is -1.00 e. The number of carbonyl (C=O) groups is 1. The summed E-state index contributed by atoms with van der Waals surface area (Å²) < 4.78 is 6.46. The molecule has 0 aliphatic heterocycles. The maximum atomic E-state index is 10.8. The number of halogens is 2. The maximum Gasteiger partial charge on any atom is 0.255 e. The van der Waals surface area contributed by atoms with E-state index in [0.717, 1.165) is 22.3 Å². The van der Waals surface area contributed by atoms with Gasteiger partial charge in [0.2, 0.25) is 0 Å². The molecule has 4 nitrogen and oxygen atoms in total. The van der Waals surface area contributed by atoms with Gasteiger partial charge in [-0.3, -0.25) is 4.79 Å². The molecule has 1 fully saturated rings. The first-order chi connectivity index (χ1) is 9.65. The summed E-state index contributed by atoms with van der Waals surface area (Å²) in [4.78, 5) is 10.8. The Hall–Kier alpha value is -0.780. The number of benzene rings is 1. The van der Waals surface area contributed by atoms with Gasteiger partial charge in [0.1, 0.15) is 5.75 Å². The molecule has 3 N–H and O–H groups in total. The molecule has 1 aliphatic carbocycles. The van der Waals surface area contributed by atoms with Crippen LogP contribution in [-0.4, -0.2) is 18.6 Å². The minimum absolute atomic E-state index is 0. The van der Waals surface area contributed by atoms with Gasteiger partial charge in [-0.2, -0.15) is 0 Å². The van der Waals surface area contributed by atoms with Crippen LogP contribution in [0.15, 0.2) is 22.7 Å². The zero-order valence-corrected chi connectivity index (χ0v) is 14.3. The number of nitrogens with one attached hydrogen (secondary N) is 1. The molecule has 1 amide bonds. The van der Waals surface area contributed by atoms with Crippen molar-refractivity contribution >= 4 is 21.8 Å². The molecule has 0 radical (unpaired) electrons. The molecule has 21 heavy (non-hydrogen) atoms. The molecule has 0 heterocycles. The summed E-state index contributed by atoms with van der Waals surface area (Å²) in [6.45, 7) is 0.663. The van der Waals surface area contributed by atoms with Crippen LogP contribution in [-0.2, 0) is 11.3 Å². The largest absolute Gasteiger partial charge is 1.00 e. The van der Waals surface area contributed by atoms with Gasteiger partial charge in [-0.25, -0.2) is 0 Å². The average Bonchev–Trinajstić information content (AvgIpc) is 2.45. The van der Waals surface area contributed by atoms with Crippen molar-refractivity contribution in [2.45, 2.75) is 44.7 Å². The molecule has 0 atom stereocenters. The first-order valence-electron chi connectivity index (χ1n) is 7.08. The number of nitrogens with two attached hydrogens (primary N) is 1. The van der Waals surface area contributed by atoms with Gasteiger partial charge < -0.3 is 28.2 Å². The molecule has 0 aromatic heterocycles. The number of hydrogen-bond donors (Lipinski definition) is 2. The van der Waals surface area contributed by atoms with E-state index in [0.29, 0.717) is 6.04 Å². The molecule has 1 aromatic carbocycles. The molecule has 2 rings (SSSR count). The zero-order chi connectivity index (χ0) is 14.4. The molecule has 1 aromatic rings. The van der Waals surface area contributed by atoms with E-state index in [1.165, 1.54) is 32.1 Å². The summed E-state index contributed by atoms with van der Waals surface area (Å²) in [6.07, 6.45) is 6.45. The smallest absolute Gasteiger partial charge is 0.255 e. The van der Waals surface area contributed by atoms with Crippen molar-refractivity contribution in [2.75, 3.05) is 6.61 Å². The summed E-state index contributed by atoms with van der Waals surface area (Å²) >= 11 is 3.47. The number of hydrogen-bond acceptors (Lipinski definition) is 3. The van der Waals surface area contributed by atoms with Crippen molar-refractivity contribution in [3.05, 3.63) is 28.2 Å². The monoisotopic (exact) mass is 375 g/mol. The lowest BCUT2D eigenvalue weighted by Crippen LogP contribution is -3.00. The highest BCUT2D eigenvalue weighted by molar-refractivity contribution is 9.10. The lowest BCUT2D eigenvalue weighted by molar-refractivity contribution is -0.119. The number of primary amides is 1. The van der Waals surface area contributed by atoms with Crippen LogP contribution in [0.4, 0.5) is 0 Å². The zero-order valence-electron chi connectivity index (χ0n) is 11.9. The van der Waals surface area contributed by atoms with Gasteiger partial charge in [-0.1, -0.05) is 35.2 Å². The Balaban J connectivity index is 0.00000220. The molecular weight excluding hydrogens is 356 g/mol. The van der Waals surface area contributed by atoms with Crippen LogP contribution in [0.2, 0.25) is 0 Å². The summed E-state index contributed by atoms with van der Waals surface area (Å²) in [7, 11) is 0. The average molecular weight is 377 g/mol. The van der Waals surface area contributed by atoms with Gasteiger partial charge in [-0.15, -0.1) is 0 Å². The number of amides is 1. The Morgan fingerprint density at radius 3 is 2.71 bits per heavy atom. The van der Waals surface area contributed by atoms with Crippen molar-refractivity contribution < 1.29 is 21.9 Å². The SMILES string of the molecule is NC(=O)COc1ccc(Br)cc1CNC1CCCCC1.[Cl-]. The second kappa shape index (κ2) is 9.28. The fourth-order valence-corrected chi connectivity index (χ4v) is 2.95. The Morgan fingerprint density at radius 2 is 2.05 bits per heavy atom. The molecule has 0 spiro atoms. The van der Waals surface area contributed by atoms with Crippen molar-refractivity contribution in [3.8, 4) is 5.75 Å². The fourth-order valence-electron chi connectivity index (χ4n) is 2.54. The van der Waals surface area contributed by atoms with Crippen LogP contribution < -0.4 is 28.2 Å². The lowest BCUT2D eigenvalue weighted by Gasteiger charge is -2.23. The van der Waals surface area contributed by atoms with E-state index in [1.54, 1.807) is 0 Å². The second-order valence-electron chi connectivity index (χ2n) is 5.22. The van der Waals surface area contributed by atoms with Crippen molar-refractivity contribution in [3.63, 3.8) is 0 Å². The topological polar surface area (TPSA) is 64.4 Å². The van der Waals surface area contributed by atoms with E-state index in [1.807, 2.05) is 18.2 Å². The van der Waals surface area contributed by atoms with Crippen molar-refractivity contribution in [1.29, 1.82) is 0 Å². The highest BCUT2D eigenvalue weighted by Crippen LogP contribution is 2.24. The van der Waals surface area contributed by atoms with Gasteiger partial charge in [0, 0.05) is 22.6 Å². The minimum atomic E-state index is -0.459. The van der Waals surface area contributed by atoms with E-state index in [2.05, 4.69) is 21.2 Å². The first-order valence-corrected chi connectivity index (χ1v) is 7.87. The molecular formula is C15H21BrClN2O2-. The van der Waals surface area contributed by atoms with Gasteiger partial charge in [0.25, 0.3) is 5.91 Å². The number of rotatable bonds is 6. The highest BCUT2D eigenvalue weighted by Gasteiger charge is 2.14. The predicted molar refractivity (Wildman–Crippen MR) is 82.5 cm³/mol. The quantitative estimate of drug-likeness (QED) is 0.719. The Bertz CT molecular complexity index is 465. The van der Waals surface area contributed by atoms with Crippen LogP contribution in [0.25, 0.3) is 0 Å². The molecule has 0 bridgehead atoms. The van der Waals surface area contributed by atoms with Gasteiger partial charge >= 0.3 is 0 Å². The standard InChI is InChI=1S/C15H21BrN2O2.ClH/c16-12-6-7-14(20-10-15(17)19)11(8-12)9-18-13-4-2-1-3-5-13;/h6-8,13,18H,1-5,9-10H2,(H2,17,19);1H/p-1. The maximum absolute atomic E-state index is 10.8.